The normalized spacial score (nSPS) is 11.2. The Morgan fingerprint density at radius 2 is 1.93 bits per heavy atom. The van der Waals surface area contributed by atoms with E-state index in [2.05, 4.69) is 10.1 Å². The molecule has 4 rings (SSSR count). The van der Waals surface area contributed by atoms with Gasteiger partial charge in [0.25, 0.3) is 5.91 Å². The standard InChI is InChI=1S/C19H11FN4O4S/c20-13-7-5-12(6-8-13)18(25)23(19-22-15-3-1-2-4-16(15)29-19)21-11-14-9-10-17(28-14)24(26)27/h1-11H/b21-11-. The van der Waals surface area contributed by atoms with Crippen LogP contribution in [-0.2, 0) is 0 Å². The average molecular weight is 410 g/mol. The summed E-state index contributed by atoms with van der Waals surface area (Å²) in [6.07, 6.45) is 1.18. The molecule has 0 spiro atoms. The number of aromatic nitrogens is 1. The van der Waals surface area contributed by atoms with Crippen LogP contribution in [-0.4, -0.2) is 22.0 Å². The van der Waals surface area contributed by atoms with Gasteiger partial charge in [0.2, 0.25) is 5.13 Å². The van der Waals surface area contributed by atoms with E-state index in [4.69, 9.17) is 4.42 Å². The molecule has 0 atom stereocenters. The third-order valence-corrected chi connectivity index (χ3v) is 4.85. The first kappa shape index (κ1) is 18.4. The third kappa shape index (κ3) is 3.87. The molecule has 1 amide bonds. The Balaban J connectivity index is 1.73. The maximum Gasteiger partial charge on any atom is 0.433 e. The van der Waals surface area contributed by atoms with E-state index < -0.39 is 22.5 Å². The molecule has 29 heavy (non-hydrogen) atoms. The maximum atomic E-state index is 13.2. The van der Waals surface area contributed by atoms with Gasteiger partial charge in [-0.1, -0.05) is 23.5 Å². The zero-order valence-corrected chi connectivity index (χ0v) is 15.4. The van der Waals surface area contributed by atoms with Gasteiger partial charge in [-0.2, -0.15) is 10.1 Å². The minimum Gasteiger partial charge on any atom is -0.400 e. The van der Waals surface area contributed by atoms with Gasteiger partial charge < -0.3 is 4.42 Å². The van der Waals surface area contributed by atoms with Crippen LogP contribution in [0.1, 0.15) is 16.1 Å². The molecule has 10 heteroatoms. The highest BCUT2D eigenvalue weighted by Crippen LogP contribution is 2.30. The number of hydrogen-bond donors (Lipinski definition) is 0. The van der Waals surface area contributed by atoms with Crippen LogP contribution in [0.3, 0.4) is 0 Å². The Bertz CT molecular complexity index is 1200. The number of anilines is 1. The fourth-order valence-corrected chi connectivity index (χ4v) is 3.40. The van der Waals surface area contributed by atoms with Crippen molar-refractivity contribution in [2.45, 2.75) is 0 Å². The lowest BCUT2D eigenvalue weighted by Crippen LogP contribution is -2.25. The molecule has 2 aromatic carbocycles. The highest BCUT2D eigenvalue weighted by molar-refractivity contribution is 7.22. The molecule has 2 aromatic heterocycles. The van der Waals surface area contributed by atoms with E-state index in [9.17, 15) is 19.3 Å². The zero-order chi connectivity index (χ0) is 20.4. The molecule has 0 aliphatic heterocycles. The highest BCUT2D eigenvalue weighted by Gasteiger charge is 2.21. The smallest absolute Gasteiger partial charge is 0.400 e. The second-order valence-corrected chi connectivity index (χ2v) is 6.77. The molecule has 0 unspecified atom stereocenters. The Labute approximate surface area is 166 Å². The minimum absolute atomic E-state index is 0.0923. The minimum atomic E-state index is -0.674. The van der Waals surface area contributed by atoms with Crippen molar-refractivity contribution in [2.75, 3.05) is 5.01 Å². The van der Waals surface area contributed by atoms with Gasteiger partial charge in [-0.15, -0.1) is 0 Å². The van der Waals surface area contributed by atoms with Crippen molar-refractivity contribution >= 4 is 44.7 Å². The second-order valence-electron chi connectivity index (χ2n) is 5.77. The van der Waals surface area contributed by atoms with Crippen LogP contribution in [0, 0.1) is 15.9 Å². The highest BCUT2D eigenvalue weighted by atomic mass is 32.1. The first-order valence-corrected chi connectivity index (χ1v) is 9.07. The molecule has 0 bridgehead atoms. The van der Waals surface area contributed by atoms with E-state index in [0.29, 0.717) is 5.52 Å². The Morgan fingerprint density at radius 1 is 1.17 bits per heavy atom. The fourth-order valence-electron chi connectivity index (χ4n) is 2.48. The van der Waals surface area contributed by atoms with E-state index in [-0.39, 0.29) is 16.5 Å². The van der Waals surface area contributed by atoms with Crippen molar-refractivity contribution in [3.05, 3.63) is 87.9 Å². The fraction of sp³-hybridized carbons (Fsp3) is 0. The van der Waals surface area contributed by atoms with Gasteiger partial charge in [-0.3, -0.25) is 14.9 Å². The molecule has 0 saturated heterocycles. The predicted molar refractivity (Wildman–Crippen MR) is 106 cm³/mol. The van der Waals surface area contributed by atoms with Crippen LogP contribution in [0.25, 0.3) is 10.2 Å². The number of para-hydroxylation sites is 1. The van der Waals surface area contributed by atoms with Crippen LogP contribution in [0.2, 0.25) is 0 Å². The molecule has 0 radical (unpaired) electrons. The lowest BCUT2D eigenvalue weighted by Gasteiger charge is -2.13. The van der Waals surface area contributed by atoms with Gasteiger partial charge >= 0.3 is 5.88 Å². The van der Waals surface area contributed by atoms with Crippen LogP contribution < -0.4 is 5.01 Å². The quantitative estimate of drug-likeness (QED) is 0.271. The monoisotopic (exact) mass is 410 g/mol. The molecule has 0 saturated carbocycles. The molecule has 4 aromatic rings. The number of rotatable bonds is 5. The van der Waals surface area contributed by atoms with Crippen LogP contribution in [0.4, 0.5) is 15.4 Å². The number of hydrogen-bond acceptors (Lipinski definition) is 7. The number of carbonyl (C=O) groups excluding carboxylic acids is 1. The van der Waals surface area contributed by atoms with E-state index in [0.717, 1.165) is 9.71 Å². The maximum absolute atomic E-state index is 13.2. The topological polar surface area (TPSA) is 102 Å². The summed E-state index contributed by atoms with van der Waals surface area (Å²) in [5, 5.41) is 16.2. The van der Waals surface area contributed by atoms with Crippen LogP contribution in [0.5, 0.6) is 0 Å². The molecule has 2 heterocycles. The molecule has 0 fully saturated rings. The van der Waals surface area contributed by atoms with Crippen LogP contribution >= 0.6 is 11.3 Å². The molecule has 0 aliphatic rings. The zero-order valence-electron chi connectivity index (χ0n) is 14.6. The van der Waals surface area contributed by atoms with Crippen molar-refractivity contribution in [2.24, 2.45) is 5.10 Å². The Morgan fingerprint density at radius 3 is 2.62 bits per heavy atom. The molecule has 144 valence electrons. The van der Waals surface area contributed by atoms with E-state index in [1.807, 2.05) is 18.2 Å². The van der Waals surface area contributed by atoms with Gasteiger partial charge in [-0.25, -0.2) is 9.37 Å². The number of halogens is 1. The van der Waals surface area contributed by atoms with Gasteiger partial charge in [0.1, 0.15) is 10.7 Å². The largest absolute Gasteiger partial charge is 0.433 e. The molecular weight excluding hydrogens is 399 g/mol. The summed E-state index contributed by atoms with van der Waals surface area (Å²) in [4.78, 5) is 27.5. The van der Waals surface area contributed by atoms with Crippen molar-refractivity contribution in [3.63, 3.8) is 0 Å². The number of fused-ring (bicyclic) bond motifs is 1. The summed E-state index contributed by atoms with van der Waals surface area (Å²) in [6, 6.07) is 14.9. The van der Waals surface area contributed by atoms with Crippen molar-refractivity contribution < 1.29 is 18.5 Å². The van der Waals surface area contributed by atoms with Gasteiger partial charge in [0, 0.05) is 5.56 Å². The van der Waals surface area contributed by atoms with Crippen molar-refractivity contribution in [1.29, 1.82) is 0 Å². The number of amides is 1. The molecular formula is C19H11FN4O4S. The number of hydrazone groups is 1. The number of nitrogens with zero attached hydrogens (tertiary/aromatic N) is 4. The number of carbonyl (C=O) groups is 1. The summed E-state index contributed by atoms with van der Waals surface area (Å²) < 4.78 is 19.1. The first-order chi connectivity index (χ1) is 14.0. The number of benzene rings is 2. The second kappa shape index (κ2) is 7.60. The third-order valence-electron chi connectivity index (χ3n) is 3.84. The summed E-state index contributed by atoms with van der Waals surface area (Å²) in [6.45, 7) is 0. The van der Waals surface area contributed by atoms with Gasteiger partial charge in [-0.05, 0) is 42.5 Å². The number of furan rings is 1. The number of nitro groups is 1. The summed E-state index contributed by atoms with van der Waals surface area (Å²) in [7, 11) is 0. The Hall–Kier alpha value is -3.92. The predicted octanol–water partition coefficient (Wildman–Crippen LogP) is 4.62. The number of thiazole rings is 1. The van der Waals surface area contributed by atoms with E-state index in [1.165, 1.54) is 53.9 Å². The summed E-state index contributed by atoms with van der Waals surface area (Å²) >= 11 is 1.24. The van der Waals surface area contributed by atoms with E-state index in [1.54, 1.807) is 6.07 Å². The molecule has 0 aliphatic carbocycles. The molecule has 0 N–H and O–H groups in total. The van der Waals surface area contributed by atoms with E-state index >= 15 is 0 Å². The van der Waals surface area contributed by atoms with Gasteiger partial charge in [0.05, 0.1) is 22.5 Å². The summed E-state index contributed by atoms with van der Waals surface area (Å²) in [5.41, 5.74) is 0.890. The lowest BCUT2D eigenvalue weighted by molar-refractivity contribution is -0.402. The van der Waals surface area contributed by atoms with Crippen LogP contribution in [0.15, 0.2) is 70.2 Å². The lowest BCUT2D eigenvalue weighted by atomic mass is 10.2. The first-order valence-electron chi connectivity index (χ1n) is 8.25. The summed E-state index contributed by atoms with van der Waals surface area (Å²) in [5.74, 6) is -1.36. The average Bonchev–Trinajstić information content (AvgIpc) is 3.35. The van der Waals surface area contributed by atoms with Crippen molar-refractivity contribution in [3.8, 4) is 0 Å². The van der Waals surface area contributed by atoms with Crippen molar-refractivity contribution in [1.82, 2.24) is 4.98 Å². The SMILES string of the molecule is O=C(c1ccc(F)cc1)N(/N=C\c1ccc([N+](=O)[O-])o1)c1nc2ccccc2s1. The Kier molecular flexibility index (Phi) is 4.83. The molecule has 8 nitrogen and oxygen atoms in total. The van der Waals surface area contributed by atoms with Gasteiger partial charge in [0.15, 0.2) is 5.76 Å².